The minimum Gasteiger partial charge on any atom is -0.392 e. The van der Waals surface area contributed by atoms with Crippen LogP contribution in [0, 0.1) is 0 Å². The van der Waals surface area contributed by atoms with Gasteiger partial charge in [0.25, 0.3) is 0 Å². The lowest BCUT2D eigenvalue weighted by Crippen LogP contribution is -2.04. The lowest BCUT2D eigenvalue weighted by atomic mass is 10.1. The Bertz CT molecular complexity index is 267. The summed E-state index contributed by atoms with van der Waals surface area (Å²) in [7, 11) is 1.90. The fraction of sp³-hybridized carbons (Fsp3) is 0.385. The molecule has 1 N–H and O–H groups in total. The summed E-state index contributed by atoms with van der Waals surface area (Å²) in [5.74, 6) is 0. The van der Waals surface area contributed by atoms with Crippen molar-refractivity contribution in [3.05, 3.63) is 47.7 Å². The molecule has 0 fully saturated rings. The molecule has 0 spiro atoms. The topological polar surface area (TPSA) is 12.0 Å². The van der Waals surface area contributed by atoms with Crippen molar-refractivity contribution in [2.75, 3.05) is 7.05 Å². The molecule has 0 aromatic carbocycles. The van der Waals surface area contributed by atoms with E-state index in [1.807, 2.05) is 20.9 Å². The van der Waals surface area contributed by atoms with E-state index in [-0.39, 0.29) is 0 Å². The van der Waals surface area contributed by atoms with Crippen LogP contribution in [0.15, 0.2) is 47.7 Å². The molecule has 0 aliphatic carbocycles. The van der Waals surface area contributed by atoms with E-state index in [4.69, 9.17) is 0 Å². The quantitative estimate of drug-likeness (QED) is 0.655. The van der Waals surface area contributed by atoms with Crippen LogP contribution in [0.1, 0.15) is 27.2 Å². The van der Waals surface area contributed by atoms with Crippen LogP contribution in [0.4, 0.5) is 0 Å². The fourth-order valence-electron chi connectivity index (χ4n) is 1.08. The van der Waals surface area contributed by atoms with E-state index < -0.39 is 0 Å². The summed E-state index contributed by atoms with van der Waals surface area (Å²) in [6.45, 7) is 10.1. The summed E-state index contributed by atoms with van der Waals surface area (Å²) in [5, 5.41) is 3.06. The van der Waals surface area contributed by atoms with Gasteiger partial charge in [0.1, 0.15) is 0 Å². The number of allylic oxidation sites excluding steroid dienone is 6. The van der Waals surface area contributed by atoms with E-state index in [0.29, 0.717) is 0 Å². The van der Waals surface area contributed by atoms with Crippen molar-refractivity contribution in [3.63, 3.8) is 0 Å². The van der Waals surface area contributed by atoms with Gasteiger partial charge >= 0.3 is 0 Å². The molecular formula is C13H21N. The van der Waals surface area contributed by atoms with Gasteiger partial charge in [-0.3, -0.25) is 0 Å². The van der Waals surface area contributed by atoms with Crippen LogP contribution in [0.2, 0.25) is 0 Å². The Kier molecular flexibility index (Phi) is 6.55. The van der Waals surface area contributed by atoms with Gasteiger partial charge in [-0.1, -0.05) is 36.5 Å². The van der Waals surface area contributed by atoms with E-state index >= 15 is 0 Å². The molecule has 0 aromatic heterocycles. The Morgan fingerprint density at radius 1 is 1.36 bits per heavy atom. The molecule has 0 unspecified atom stereocenters. The highest BCUT2D eigenvalue weighted by Gasteiger charge is 1.95. The average Bonchev–Trinajstić information content (AvgIpc) is 2.17. The van der Waals surface area contributed by atoms with Crippen molar-refractivity contribution in [3.8, 4) is 0 Å². The van der Waals surface area contributed by atoms with Gasteiger partial charge in [-0.25, -0.2) is 0 Å². The SMILES string of the molecule is C=C(CC(/C=C\C)=C/C(C)=C\C)NC. The first-order valence-electron chi connectivity index (χ1n) is 4.95. The zero-order valence-electron chi connectivity index (χ0n) is 9.72. The van der Waals surface area contributed by atoms with E-state index in [0.717, 1.165) is 12.1 Å². The molecule has 0 atom stereocenters. The molecular weight excluding hydrogens is 170 g/mol. The molecule has 0 amide bonds. The normalized spacial score (nSPS) is 13.4. The van der Waals surface area contributed by atoms with Crippen LogP contribution in [0.3, 0.4) is 0 Å². The number of hydrogen-bond donors (Lipinski definition) is 1. The molecule has 0 aliphatic heterocycles. The van der Waals surface area contributed by atoms with Crippen LogP contribution in [0.5, 0.6) is 0 Å². The highest BCUT2D eigenvalue weighted by atomic mass is 14.8. The highest BCUT2D eigenvalue weighted by Crippen LogP contribution is 2.11. The molecule has 1 nitrogen and oxygen atoms in total. The molecule has 1 heteroatoms. The van der Waals surface area contributed by atoms with Gasteiger partial charge < -0.3 is 5.32 Å². The summed E-state index contributed by atoms with van der Waals surface area (Å²) in [5.41, 5.74) is 3.60. The maximum Gasteiger partial charge on any atom is 0.0117 e. The van der Waals surface area contributed by atoms with Gasteiger partial charge in [-0.2, -0.15) is 0 Å². The van der Waals surface area contributed by atoms with E-state index in [2.05, 4.69) is 43.1 Å². The Hall–Kier alpha value is -1.24. The Balaban J connectivity index is 4.60. The van der Waals surface area contributed by atoms with Crippen molar-refractivity contribution in [2.45, 2.75) is 27.2 Å². The predicted molar refractivity (Wildman–Crippen MR) is 65.1 cm³/mol. The molecule has 0 aliphatic rings. The second-order valence-electron chi connectivity index (χ2n) is 3.28. The first-order valence-corrected chi connectivity index (χ1v) is 4.95. The molecule has 78 valence electrons. The smallest absolute Gasteiger partial charge is 0.0117 e. The fourth-order valence-corrected chi connectivity index (χ4v) is 1.08. The summed E-state index contributed by atoms with van der Waals surface area (Å²) < 4.78 is 0. The van der Waals surface area contributed by atoms with Crippen LogP contribution >= 0.6 is 0 Å². The lowest BCUT2D eigenvalue weighted by Gasteiger charge is -2.06. The van der Waals surface area contributed by atoms with Gasteiger partial charge in [0, 0.05) is 19.2 Å². The third-order valence-corrected chi connectivity index (χ3v) is 2.02. The summed E-state index contributed by atoms with van der Waals surface area (Å²) in [6.07, 6.45) is 9.34. The monoisotopic (exact) mass is 191 g/mol. The van der Waals surface area contributed by atoms with Crippen LogP contribution in [-0.2, 0) is 0 Å². The van der Waals surface area contributed by atoms with Crippen molar-refractivity contribution in [2.24, 2.45) is 0 Å². The maximum absolute atomic E-state index is 3.92. The van der Waals surface area contributed by atoms with E-state index in [1.54, 1.807) is 0 Å². The third kappa shape index (κ3) is 5.41. The zero-order valence-corrected chi connectivity index (χ0v) is 9.72. The second kappa shape index (κ2) is 7.19. The Morgan fingerprint density at radius 2 is 2.00 bits per heavy atom. The first kappa shape index (κ1) is 12.8. The largest absolute Gasteiger partial charge is 0.392 e. The molecule has 0 saturated heterocycles. The summed E-state index contributed by atoms with van der Waals surface area (Å²) in [6, 6.07) is 0. The Labute approximate surface area is 87.9 Å². The minimum atomic E-state index is 0.881. The molecule has 0 saturated carbocycles. The van der Waals surface area contributed by atoms with Crippen molar-refractivity contribution < 1.29 is 0 Å². The van der Waals surface area contributed by atoms with E-state index in [1.165, 1.54) is 11.1 Å². The number of rotatable bonds is 5. The standard InChI is InChI=1S/C13H21N/c1-6-8-13(9-11(3)7-2)10-12(4)14-5/h6-9,14H,4,10H2,1-3,5H3/b8-6-,11-7-,13-9+. The van der Waals surface area contributed by atoms with Gasteiger partial charge in [0.15, 0.2) is 0 Å². The predicted octanol–water partition coefficient (Wildman–Crippen LogP) is 3.58. The summed E-state index contributed by atoms with van der Waals surface area (Å²) >= 11 is 0. The van der Waals surface area contributed by atoms with Crippen LogP contribution < -0.4 is 5.32 Å². The van der Waals surface area contributed by atoms with Gasteiger partial charge in [0.2, 0.25) is 0 Å². The minimum absolute atomic E-state index is 0.881. The average molecular weight is 191 g/mol. The molecule has 0 rings (SSSR count). The summed E-state index contributed by atoms with van der Waals surface area (Å²) in [4.78, 5) is 0. The van der Waals surface area contributed by atoms with Crippen molar-refractivity contribution in [1.82, 2.24) is 5.32 Å². The van der Waals surface area contributed by atoms with Crippen LogP contribution in [-0.4, -0.2) is 7.05 Å². The molecule has 0 heterocycles. The van der Waals surface area contributed by atoms with Gasteiger partial charge in [0.05, 0.1) is 0 Å². The number of hydrogen-bond acceptors (Lipinski definition) is 1. The van der Waals surface area contributed by atoms with Crippen molar-refractivity contribution >= 4 is 0 Å². The maximum atomic E-state index is 3.92. The first-order chi connectivity index (χ1) is 6.63. The highest BCUT2D eigenvalue weighted by molar-refractivity contribution is 5.31. The van der Waals surface area contributed by atoms with Gasteiger partial charge in [-0.15, -0.1) is 0 Å². The molecule has 0 bridgehead atoms. The molecule has 14 heavy (non-hydrogen) atoms. The van der Waals surface area contributed by atoms with Crippen molar-refractivity contribution in [1.29, 1.82) is 0 Å². The zero-order chi connectivity index (χ0) is 11.0. The van der Waals surface area contributed by atoms with Gasteiger partial charge in [-0.05, 0) is 26.3 Å². The number of nitrogens with one attached hydrogen (secondary N) is 1. The lowest BCUT2D eigenvalue weighted by molar-refractivity contribution is 0.930. The second-order valence-corrected chi connectivity index (χ2v) is 3.28. The van der Waals surface area contributed by atoms with E-state index in [9.17, 15) is 0 Å². The molecule has 0 radical (unpaired) electrons. The molecule has 0 aromatic rings. The third-order valence-electron chi connectivity index (χ3n) is 2.02. The van der Waals surface area contributed by atoms with Crippen LogP contribution in [0.25, 0.3) is 0 Å². The Morgan fingerprint density at radius 3 is 2.43 bits per heavy atom.